The zero-order valence-electron chi connectivity index (χ0n) is 18.5. The molecule has 2 rings (SSSR count). The van der Waals surface area contributed by atoms with E-state index in [0.29, 0.717) is 24.6 Å². The molecule has 2 aromatic carbocycles. The molecular formula is C24H32N2O4. The molecule has 30 heavy (non-hydrogen) atoms. The largest absolute Gasteiger partial charge is 0.484 e. The van der Waals surface area contributed by atoms with E-state index in [-0.39, 0.29) is 24.4 Å². The predicted molar refractivity (Wildman–Crippen MR) is 118 cm³/mol. The Balaban J connectivity index is 2.17. The highest BCUT2D eigenvalue weighted by Gasteiger charge is 2.13. The van der Waals surface area contributed by atoms with Gasteiger partial charge in [0.25, 0.3) is 5.91 Å². The fourth-order valence-electron chi connectivity index (χ4n) is 3.34. The van der Waals surface area contributed by atoms with Gasteiger partial charge < -0.3 is 20.5 Å². The second-order valence-electron chi connectivity index (χ2n) is 7.76. The Kier molecular flexibility index (Phi) is 8.42. The summed E-state index contributed by atoms with van der Waals surface area (Å²) in [5.41, 5.74) is 11.0. The van der Waals surface area contributed by atoms with Crippen molar-refractivity contribution < 1.29 is 19.1 Å². The van der Waals surface area contributed by atoms with Gasteiger partial charge in [-0.2, -0.15) is 0 Å². The number of ether oxygens (including phenoxy) is 2. The third kappa shape index (κ3) is 6.59. The number of carbonyl (C=O) groups excluding carboxylic acids is 2. The normalized spacial score (nSPS) is 10.8. The zero-order valence-corrected chi connectivity index (χ0v) is 18.5. The van der Waals surface area contributed by atoms with Gasteiger partial charge in [-0.3, -0.25) is 9.59 Å². The molecule has 0 aromatic heterocycles. The second kappa shape index (κ2) is 10.8. The van der Waals surface area contributed by atoms with Crippen LogP contribution < -0.4 is 20.5 Å². The van der Waals surface area contributed by atoms with Crippen LogP contribution in [0, 0.1) is 13.8 Å². The Labute approximate surface area is 178 Å². The Bertz CT molecular complexity index is 883. The van der Waals surface area contributed by atoms with Gasteiger partial charge in [0, 0.05) is 20.0 Å². The highest BCUT2D eigenvalue weighted by molar-refractivity contribution is 5.77. The molecular weight excluding hydrogens is 380 g/mol. The Morgan fingerprint density at radius 2 is 1.77 bits per heavy atom. The molecule has 0 aliphatic heterocycles. The number of amides is 1. The fraction of sp³-hybridized carbons (Fsp3) is 0.417. The van der Waals surface area contributed by atoms with Crippen LogP contribution in [0.2, 0.25) is 0 Å². The number of hydrogen-bond acceptors (Lipinski definition) is 5. The van der Waals surface area contributed by atoms with Gasteiger partial charge in [0.05, 0.1) is 0 Å². The molecule has 0 heterocycles. The minimum Gasteiger partial charge on any atom is -0.484 e. The van der Waals surface area contributed by atoms with E-state index in [1.807, 2.05) is 38.1 Å². The molecule has 0 saturated heterocycles. The first-order chi connectivity index (χ1) is 14.2. The van der Waals surface area contributed by atoms with Gasteiger partial charge in [0.2, 0.25) is 0 Å². The molecule has 2 aromatic rings. The third-order valence-electron chi connectivity index (χ3n) is 4.84. The van der Waals surface area contributed by atoms with E-state index in [0.717, 1.165) is 28.7 Å². The van der Waals surface area contributed by atoms with Crippen LogP contribution in [0.5, 0.6) is 11.5 Å². The summed E-state index contributed by atoms with van der Waals surface area (Å²) in [5, 5.41) is 2.69. The molecule has 0 spiro atoms. The van der Waals surface area contributed by atoms with Crippen molar-refractivity contribution in [3.63, 3.8) is 0 Å². The summed E-state index contributed by atoms with van der Waals surface area (Å²) in [6.45, 7) is 10.5. The molecule has 162 valence electrons. The monoisotopic (exact) mass is 412 g/mol. The summed E-state index contributed by atoms with van der Waals surface area (Å²) in [4.78, 5) is 23.1. The van der Waals surface area contributed by atoms with Gasteiger partial charge in [-0.15, -0.1) is 0 Å². The number of esters is 1. The van der Waals surface area contributed by atoms with Crippen molar-refractivity contribution in [2.24, 2.45) is 5.73 Å². The highest BCUT2D eigenvalue weighted by atomic mass is 16.5. The van der Waals surface area contributed by atoms with Gasteiger partial charge in [-0.05, 0) is 72.2 Å². The molecule has 3 N–H and O–H groups in total. The number of benzene rings is 2. The van der Waals surface area contributed by atoms with Crippen molar-refractivity contribution >= 4 is 11.9 Å². The maximum Gasteiger partial charge on any atom is 0.308 e. The van der Waals surface area contributed by atoms with Crippen LogP contribution in [0.3, 0.4) is 0 Å². The van der Waals surface area contributed by atoms with Crippen molar-refractivity contribution in [1.29, 1.82) is 0 Å². The number of nitrogens with two attached hydrogens (primary N) is 1. The first kappa shape index (κ1) is 23.4. The van der Waals surface area contributed by atoms with E-state index in [9.17, 15) is 9.59 Å². The van der Waals surface area contributed by atoms with E-state index in [1.165, 1.54) is 12.5 Å². The average Bonchev–Trinajstić information content (AvgIpc) is 2.67. The van der Waals surface area contributed by atoms with Crippen LogP contribution in [0.1, 0.15) is 54.5 Å². The second-order valence-corrected chi connectivity index (χ2v) is 7.76. The molecule has 0 bridgehead atoms. The summed E-state index contributed by atoms with van der Waals surface area (Å²) in [6.07, 6.45) is 0.759. The van der Waals surface area contributed by atoms with Gasteiger partial charge >= 0.3 is 5.97 Å². The topological polar surface area (TPSA) is 90.6 Å². The van der Waals surface area contributed by atoms with Gasteiger partial charge in [-0.25, -0.2) is 0 Å². The molecule has 0 aliphatic carbocycles. The number of nitrogens with one attached hydrogen (secondary N) is 1. The van der Waals surface area contributed by atoms with Crippen LogP contribution >= 0.6 is 0 Å². The Morgan fingerprint density at radius 3 is 2.33 bits per heavy atom. The van der Waals surface area contributed by atoms with Crippen molar-refractivity contribution in [1.82, 2.24) is 5.32 Å². The average molecular weight is 413 g/mol. The molecule has 0 unspecified atom stereocenters. The van der Waals surface area contributed by atoms with Gasteiger partial charge in [-0.1, -0.05) is 26.0 Å². The molecule has 0 fully saturated rings. The van der Waals surface area contributed by atoms with Crippen molar-refractivity contribution in [3.05, 3.63) is 58.1 Å². The highest BCUT2D eigenvalue weighted by Crippen LogP contribution is 2.30. The molecule has 0 aliphatic rings. The molecule has 6 heteroatoms. The van der Waals surface area contributed by atoms with Crippen LogP contribution in [-0.4, -0.2) is 31.6 Å². The first-order valence-corrected chi connectivity index (χ1v) is 10.2. The third-order valence-corrected chi connectivity index (χ3v) is 4.84. The first-order valence-electron chi connectivity index (χ1n) is 10.2. The summed E-state index contributed by atoms with van der Waals surface area (Å²) in [7, 11) is 0. The summed E-state index contributed by atoms with van der Waals surface area (Å²) < 4.78 is 11.0. The molecule has 0 saturated carbocycles. The van der Waals surface area contributed by atoms with E-state index < -0.39 is 0 Å². The zero-order chi connectivity index (χ0) is 22.3. The smallest absolute Gasteiger partial charge is 0.308 e. The predicted octanol–water partition coefficient (Wildman–Crippen LogP) is 3.40. The van der Waals surface area contributed by atoms with E-state index in [1.54, 1.807) is 0 Å². The molecule has 0 atom stereocenters. The number of rotatable bonds is 9. The lowest BCUT2D eigenvalue weighted by molar-refractivity contribution is -0.132. The summed E-state index contributed by atoms with van der Waals surface area (Å²) in [6, 6.07) is 9.88. The molecule has 0 radical (unpaired) electrons. The van der Waals surface area contributed by atoms with Crippen LogP contribution in [0.15, 0.2) is 30.3 Å². The van der Waals surface area contributed by atoms with Gasteiger partial charge in [0.1, 0.15) is 11.5 Å². The lowest BCUT2D eigenvalue weighted by Gasteiger charge is -2.16. The quantitative estimate of drug-likeness (QED) is 0.487. The number of carbonyl (C=O) groups is 2. The van der Waals surface area contributed by atoms with E-state index in [2.05, 4.69) is 25.2 Å². The fourth-order valence-corrected chi connectivity index (χ4v) is 3.34. The van der Waals surface area contributed by atoms with E-state index >= 15 is 0 Å². The minimum atomic E-state index is -0.316. The van der Waals surface area contributed by atoms with Crippen molar-refractivity contribution in [3.8, 4) is 11.5 Å². The van der Waals surface area contributed by atoms with Crippen molar-refractivity contribution in [2.45, 2.75) is 47.0 Å². The van der Waals surface area contributed by atoms with Crippen LogP contribution in [0.4, 0.5) is 0 Å². The van der Waals surface area contributed by atoms with Crippen molar-refractivity contribution in [2.75, 3.05) is 19.7 Å². The molecule has 1 amide bonds. The maximum absolute atomic E-state index is 11.7. The van der Waals surface area contributed by atoms with E-state index in [4.69, 9.17) is 15.2 Å². The summed E-state index contributed by atoms with van der Waals surface area (Å²) >= 11 is 0. The Hall–Kier alpha value is -2.86. The number of hydrogen-bond donors (Lipinski definition) is 2. The van der Waals surface area contributed by atoms with Crippen LogP contribution in [-0.2, 0) is 16.0 Å². The maximum atomic E-state index is 11.7. The Morgan fingerprint density at radius 1 is 1.10 bits per heavy atom. The minimum absolute atomic E-state index is 0.0341. The SMILES string of the molecule is CC(=O)Oc1ccc(Cc2c(C)cc(OCC(=O)NCCN)cc2C)cc1C(C)C. The van der Waals surface area contributed by atoms with Gasteiger partial charge in [0.15, 0.2) is 6.61 Å². The number of aryl methyl sites for hydroxylation is 2. The lowest BCUT2D eigenvalue weighted by Crippen LogP contribution is -2.32. The lowest BCUT2D eigenvalue weighted by atomic mass is 9.93. The molecule has 6 nitrogen and oxygen atoms in total. The standard InChI is InChI=1S/C24H32N2O4/c1-15(2)21-12-19(6-7-23(21)30-18(5)27)13-22-16(3)10-20(11-17(22)4)29-14-24(28)26-9-8-25/h6-7,10-12,15H,8-9,13-14,25H2,1-5H3,(H,26,28). The van der Waals surface area contributed by atoms with Crippen LogP contribution in [0.25, 0.3) is 0 Å². The summed E-state index contributed by atoms with van der Waals surface area (Å²) in [5.74, 6) is 1.02.